The zero-order valence-corrected chi connectivity index (χ0v) is 9.76. The summed E-state index contributed by atoms with van der Waals surface area (Å²) in [5, 5.41) is 8.79. The van der Waals surface area contributed by atoms with Gasteiger partial charge in [-0.2, -0.15) is 0 Å². The van der Waals surface area contributed by atoms with E-state index < -0.39 is 11.6 Å². The number of hydrogen-bond donors (Lipinski definition) is 3. The Morgan fingerprint density at radius 1 is 1.29 bits per heavy atom. The summed E-state index contributed by atoms with van der Waals surface area (Å²) in [4.78, 5) is 24.6. The van der Waals surface area contributed by atoms with Crippen molar-refractivity contribution in [2.75, 3.05) is 5.32 Å². The fourth-order valence-electron chi connectivity index (χ4n) is 1.14. The summed E-state index contributed by atoms with van der Waals surface area (Å²) in [5.41, 5.74) is -0.0995. The van der Waals surface area contributed by atoms with Crippen molar-refractivity contribution in [2.45, 2.75) is 0 Å². The van der Waals surface area contributed by atoms with Crippen molar-refractivity contribution >= 4 is 34.8 Å². The van der Waals surface area contributed by atoms with Gasteiger partial charge in [0.25, 0.3) is 5.91 Å². The highest BCUT2D eigenvalue weighted by Crippen LogP contribution is 2.25. The number of amides is 1. The van der Waals surface area contributed by atoms with Gasteiger partial charge in [0, 0.05) is 5.69 Å². The maximum absolute atomic E-state index is 11.6. The second-order valence-electron chi connectivity index (χ2n) is 3.11. The van der Waals surface area contributed by atoms with Crippen molar-refractivity contribution < 1.29 is 4.79 Å². The van der Waals surface area contributed by atoms with Crippen LogP contribution >= 0.6 is 23.2 Å². The summed E-state index contributed by atoms with van der Waals surface area (Å²) in [6, 6.07) is 4.62. The summed E-state index contributed by atoms with van der Waals surface area (Å²) in [7, 11) is 0. The van der Waals surface area contributed by atoms with Crippen LogP contribution in [0.15, 0.2) is 23.0 Å². The Hall–Kier alpha value is -1.79. The summed E-state index contributed by atoms with van der Waals surface area (Å²) in [6.07, 6.45) is 0. The molecule has 17 heavy (non-hydrogen) atoms. The van der Waals surface area contributed by atoms with E-state index in [1.54, 1.807) is 12.1 Å². The van der Waals surface area contributed by atoms with E-state index in [2.05, 4.69) is 20.5 Å². The maximum Gasteiger partial charge on any atom is 0.341 e. The van der Waals surface area contributed by atoms with E-state index in [0.717, 1.165) is 0 Å². The average Bonchev–Trinajstić information content (AvgIpc) is 2.70. The molecule has 1 heterocycles. The number of hydrogen-bond acceptors (Lipinski definition) is 3. The first-order chi connectivity index (χ1) is 8.06. The smallest absolute Gasteiger partial charge is 0.319 e. The van der Waals surface area contributed by atoms with Gasteiger partial charge in [-0.05, 0) is 18.2 Å². The molecule has 1 aromatic heterocycles. The molecule has 1 aromatic carbocycles. The van der Waals surface area contributed by atoms with Crippen molar-refractivity contribution in [3.8, 4) is 0 Å². The Labute approximate surface area is 105 Å². The van der Waals surface area contributed by atoms with Crippen LogP contribution < -0.4 is 11.0 Å². The number of carbonyl (C=O) groups is 1. The maximum atomic E-state index is 11.6. The molecule has 1 amide bonds. The Kier molecular flexibility index (Phi) is 3.16. The summed E-state index contributed by atoms with van der Waals surface area (Å²) < 4.78 is 0. The first-order valence-corrected chi connectivity index (χ1v) is 5.23. The van der Waals surface area contributed by atoms with E-state index in [4.69, 9.17) is 23.2 Å². The van der Waals surface area contributed by atoms with Gasteiger partial charge in [0.05, 0.1) is 10.0 Å². The summed E-state index contributed by atoms with van der Waals surface area (Å²) in [5.74, 6) is -0.664. The van der Waals surface area contributed by atoms with Crippen molar-refractivity contribution in [1.29, 1.82) is 0 Å². The van der Waals surface area contributed by atoms with E-state index in [0.29, 0.717) is 15.7 Å². The third-order valence-electron chi connectivity index (χ3n) is 1.89. The number of nitrogens with zero attached hydrogens (tertiary/aromatic N) is 1. The third-order valence-corrected chi connectivity index (χ3v) is 2.63. The molecule has 8 heteroatoms. The van der Waals surface area contributed by atoms with Crippen LogP contribution in [0.5, 0.6) is 0 Å². The Balaban J connectivity index is 2.18. The number of nitrogens with one attached hydrogen (secondary N) is 3. The van der Waals surface area contributed by atoms with Gasteiger partial charge in [-0.3, -0.25) is 9.78 Å². The predicted molar refractivity (Wildman–Crippen MR) is 63.6 cm³/mol. The molecule has 0 aliphatic rings. The minimum Gasteiger partial charge on any atom is -0.319 e. The monoisotopic (exact) mass is 272 g/mol. The van der Waals surface area contributed by atoms with Crippen LogP contribution in [0, 0.1) is 0 Å². The van der Waals surface area contributed by atoms with Crippen LogP contribution in [0.2, 0.25) is 10.0 Å². The Morgan fingerprint density at radius 2 is 2.06 bits per heavy atom. The summed E-state index contributed by atoms with van der Waals surface area (Å²) >= 11 is 11.5. The van der Waals surface area contributed by atoms with Crippen LogP contribution in [0.25, 0.3) is 0 Å². The van der Waals surface area contributed by atoms with E-state index >= 15 is 0 Å². The van der Waals surface area contributed by atoms with E-state index in [-0.39, 0.29) is 5.82 Å². The van der Waals surface area contributed by atoms with Crippen LogP contribution in [0.3, 0.4) is 0 Å². The lowest BCUT2D eigenvalue weighted by molar-refractivity contribution is 0.101. The van der Waals surface area contributed by atoms with E-state index in [9.17, 15) is 9.59 Å². The number of rotatable bonds is 2. The first kappa shape index (κ1) is 11.7. The fraction of sp³-hybridized carbons (Fsp3) is 0. The van der Waals surface area contributed by atoms with Crippen LogP contribution in [-0.2, 0) is 0 Å². The number of H-pyrrole nitrogens is 2. The highest BCUT2D eigenvalue weighted by molar-refractivity contribution is 6.42. The number of anilines is 1. The molecule has 0 bridgehead atoms. The number of halogens is 2. The van der Waals surface area contributed by atoms with Gasteiger partial charge in [-0.1, -0.05) is 23.2 Å². The molecular formula is C9H6Cl2N4O2. The number of aromatic nitrogens is 3. The largest absolute Gasteiger partial charge is 0.341 e. The molecule has 0 saturated carbocycles. The number of benzene rings is 1. The van der Waals surface area contributed by atoms with Crippen molar-refractivity contribution in [3.63, 3.8) is 0 Å². The molecule has 0 radical (unpaired) electrons. The standard InChI is InChI=1S/C9H6Cl2N4O2/c10-5-2-1-4(3-6(5)11)12-8(16)7-13-9(17)15-14-7/h1-3H,(H,12,16)(H2,13,14,15,17). The zero-order chi connectivity index (χ0) is 12.4. The molecule has 0 aliphatic heterocycles. The van der Waals surface area contributed by atoms with Crippen LogP contribution in [0.4, 0.5) is 5.69 Å². The highest BCUT2D eigenvalue weighted by atomic mass is 35.5. The lowest BCUT2D eigenvalue weighted by Gasteiger charge is -2.03. The second kappa shape index (κ2) is 4.60. The molecule has 0 spiro atoms. The Bertz CT molecular complexity index is 619. The van der Waals surface area contributed by atoms with Crippen LogP contribution in [-0.4, -0.2) is 21.1 Å². The number of carbonyl (C=O) groups excluding carboxylic acids is 1. The second-order valence-corrected chi connectivity index (χ2v) is 3.92. The van der Waals surface area contributed by atoms with Crippen molar-refractivity contribution in [1.82, 2.24) is 15.2 Å². The van der Waals surface area contributed by atoms with Gasteiger partial charge in [0.15, 0.2) is 0 Å². The van der Waals surface area contributed by atoms with Gasteiger partial charge in [-0.15, -0.1) is 5.10 Å². The van der Waals surface area contributed by atoms with Gasteiger partial charge in [-0.25, -0.2) is 9.89 Å². The van der Waals surface area contributed by atoms with Crippen LogP contribution in [0.1, 0.15) is 10.6 Å². The van der Waals surface area contributed by atoms with Gasteiger partial charge in [0.1, 0.15) is 0 Å². The quantitative estimate of drug-likeness (QED) is 0.777. The topological polar surface area (TPSA) is 90.6 Å². The summed E-state index contributed by atoms with van der Waals surface area (Å²) in [6.45, 7) is 0. The lowest BCUT2D eigenvalue weighted by atomic mass is 10.3. The zero-order valence-electron chi connectivity index (χ0n) is 8.25. The molecule has 2 rings (SSSR count). The molecule has 0 atom stereocenters. The highest BCUT2D eigenvalue weighted by Gasteiger charge is 2.10. The minimum absolute atomic E-state index is 0.110. The molecule has 6 nitrogen and oxygen atoms in total. The molecule has 3 N–H and O–H groups in total. The predicted octanol–water partition coefficient (Wildman–Crippen LogP) is 1.66. The number of aromatic amines is 2. The van der Waals surface area contributed by atoms with Gasteiger partial charge < -0.3 is 5.32 Å². The van der Waals surface area contributed by atoms with Gasteiger partial charge in [0.2, 0.25) is 5.82 Å². The molecule has 2 aromatic rings. The lowest BCUT2D eigenvalue weighted by Crippen LogP contribution is -2.14. The first-order valence-electron chi connectivity index (χ1n) is 4.47. The molecule has 0 unspecified atom stereocenters. The molecule has 0 saturated heterocycles. The van der Waals surface area contributed by atoms with Crippen molar-refractivity contribution in [2.24, 2.45) is 0 Å². The average molecular weight is 273 g/mol. The SMILES string of the molecule is O=C(Nc1ccc(Cl)c(Cl)c1)c1n[nH]c(=O)[nH]1. The van der Waals surface area contributed by atoms with E-state index in [1.807, 2.05) is 0 Å². The van der Waals surface area contributed by atoms with E-state index in [1.165, 1.54) is 6.07 Å². The minimum atomic E-state index is -0.554. The normalized spacial score (nSPS) is 10.2. The Morgan fingerprint density at radius 3 is 2.65 bits per heavy atom. The molecular weight excluding hydrogens is 267 g/mol. The fourth-order valence-corrected chi connectivity index (χ4v) is 1.44. The van der Waals surface area contributed by atoms with Gasteiger partial charge >= 0.3 is 5.69 Å². The van der Waals surface area contributed by atoms with Crippen molar-refractivity contribution in [3.05, 3.63) is 44.6 Å². The third kappa shape index (κ3) is 2.66. The molecule has 88 valence electrons. The molecule has 0 aliphatic carbocycles. The molecule has 0 fully saturated rings.